The fourth-order valence-electron chi connectivity index (χ4n) is 1.29. The Kier molecular flexibility index (Phi) is 9.08. The zero-order valence-corrected chi connectivity index (χ0v) is 11.8. The summed E-state index contributed by atoms with van der Waals surface area (Å²) in [6, 6.07) is 0.872. The van der Waals surface area contributed by atoms with Crippen molar-refractivity contribution in [2.75, 3.05) is 14.2 Å². The normalized spacial score (nSPS) is 14.1. The monoisotopic (exact) mass is 242 g/mol. The minimum Gasteiger partial charge on any atom is -0.400 e. The third kappa shape index (κ3) is 6.71. The van der Waals surface area contributed by atoms with Crippen molar-refractivity contribution in [3.8, 4) is 0 Å². The van der Waals surface area contributed by atoms with Crippen molar-refractivity contribution in [2.45, 2.75) is 26.3 Å². The van der Waals surface area contributed by atoms with Crippen LogP contribution in [0.1, 0.15) is 20.3 Å². The molecule has 1 atom stereocenters. The first kappa shape index (κ1) is 15.3. The quantitative estimate of drug-likeness (QED) is 0.372. The molecule has 0 aromatic carbocycles. The summed E-state index contributed by atoms with van der Waals surface area (Å²) in [5.74, 6) is 0.208. The summed E-state index contributed by atoms with van der Waals surface area (Å²) in [4.78, 5) is 11.6. The van der Waals surface area contributed by atoms with E-state index in [0.29, 0.717) is 0 Å². The van der Waals surface area contributed by atoms with Crippen LogP contribution in [-0.4, -0.2) is 29.3 Å². The Bertz CT molecular complexity index is 245. The van der Waals surface area contributed by atoms with Gasteiger partial charge in [-0.25, -0.2) is 0 Å². The molecule has 0 heterocycles. The molecule has 1 unspecified atom stereocenters. The molecule has 92 valence electrons. The van der Waals surface area contributed by atoms with Crippen LogP contribution < -0.4 is 0 Å². The van der Waals surface area contributed by atoms with E-state index < -0.39 is 9.28 Å². The van der Waals surface area contributed by atoms with E-state index in [4.69, 9.17) is 8.85 Å². The summed E-state index contributed by atoms with van der Waals surface area (Å²) >= 11 is 0. The van der Waals surface area contributed by atoms with Gasteiger partial charge >= 0.3 is 9.28 Å². The number of hydrogen-bond donors (Lipinski definition) is 0. The lowest BCUT2D eigenvalue weighted by Gasteiger charge is -2.12. The number of hydrogen-bond acceptors (Lipinski definition) is 3. The molecule has 0 spiro atoms. The van der Waals surface area contributed by atoms with Crippen LogP contribution >= 0.6 is 0 Å². The first-order valence-corrected chi connectivity index (χ1v) is 7.30. The van der Waals surface area contributed by atoms with Gasteiger partial charge in [0.2, 0.25) is 0 Å². The molecule has 0 aromatic heterocycles. The first-order chi connectivity index (χ1) is 7.65. The summed E-state index contributed by atoms with van der Waals surface area (Å²) in [5, 5.41) is 0. The SMILES string of the molecule is C/C=C/C=C/C(=O)C(C)CC[SiH](OC)OC. The van der Waals surface area contributed by atoms with Gasteiger partial charge in [-0.2, -0.15) is 0 Å². The summed E-state index contributed by atoms with van der Waals surface area (Å²) in [6.07, 6.45) is 7.98. The zero-order valence-electron chi connectivity index (χ0n) is 10.6. The van der Waals surface area contributed by atoms with Gasteiger partial charge in [0.15, 0.2) is 5.78 Å². The molecule has 0 saturated heterocycles. The molecular weight excluding hydrogens is 220 g/mol. The van der Waals surface area contributed by atoms with Crippen LogP contribution in [0.4, 0.5) is 0 Å². The van der Waals surface area contributed by atoms with E-state index in [1.807, 2.05) is 26.0 Å². The highest BCUT2D eigenvalue weighted by molar-refractivity contribution is 6.44. The average Bonchev–Trinajstić information content (AvgIpc) is 2.30. The van der Waals surface area contributed by atoms with E-state index in [0.717, 1.165) is 12.5 Å². The maximum absolute atomic E-state index is 11.6. The Morgan fingerprint density at radius 1 is 1.31 bits per heavy atom. The van der Waals surface area contributed by atoms with Gasteiger partial charge in [-0.05, 0) is 25.5 Å². The molecule has 0 aliphatic rings. The van der Waals surface area contributed by atoms with Crippen LogP contribution in [0.2, 0.25) is 6.04 Å². The average molecular weight is 242 g/mol. The highest BCUT2D eigenvalue weighted by Gasteiger charge is 2.15. The molecule has 0 N–H and O–H groups in total. The number of carbonyl (C=O) groups is 1. The standard InChI is InChI=1S/C12H22O3Si/c1-5-6-7-8-12(13)11(2)9-10-16(14-3)15-4/h5-8,11,16H,9-10H2,1-4H3/b6-5+,8-7+. The fourth-order valence-corrected chi connectivity index (χ4v) is 2.72. The maximum Gasteiger partial charge on any atom is 0.320 e. The number of rotatable bonds is 8. The van der Waals surface area contributed by atoms with Gasteiger partial charge in [0.05, 0.1) is 0 Å². The Morgan fingerprint density at radius 2 is 1.94 bits per heavy atom. The smallest absolute Gasteiger partial charge is 0.320 e. The topological polar surface area (TPSA) is 35.5 Å². The molecular formula is C12H22O3Si. The van der Waals surface area contributed by atoms with E-state index in [2.05, 4.69) is 0 Å². The fraction of sp³-hybridized carbons (Fsp3) is 0.583. The molecule has 0 radical (unpaired) electrons. The molecule has 0 aliphatic carbocycles. The predicted molar refractivity (Wildman–Crippen MR) is 68.7 cm³/mol. The number of allylic oxidation sites excluding steroid dienone is 4. The van der Waals surface area contributed by atoms with Gasteiger partial charge in [0, 0.05) is 20.1 Å². The zero-order chi connectivity index (χ0) is 12.4. The number of carbonyl (C=O) groups excluding carboxylic acids is 1. The van der Waals surface area contributed by atoms with Gasteiger partial charge in [-0.15, -0.1) is 0 Å². The summed E-state index contributed by atoms with van der Waals surface area (Å²) < 4.78 is 10.4. The van der Waals surface area contributed by atoms with Crippen molar-refractivity contribution in [1.29, 1.82) is 0 Å². The van der Waals surface area contributed by atoms with E-state index in [1.165, 1.54) is 0 Å². The second kappa shape index (κ2) is 9.51. The van der Waals surface area contributed by atoms with Gasteiger partial charge in [-0.3, -0.25) is 4.79 Å². The first-order valence-electron chi connectivity index (χ1n) is 5.54. The van der Waals surface area contributed by atoms with Gasteiger partial charge in [0.1, 0.15) is 0 Å². The van der Waals surface area contributed by atoms with E-state index in [-0.39, 0.29) is 11.7 Å². The Hall–Kier alpha value is -0.713. The van der Waals surface area contributed by atoms with E-state index in [9.17, 15) is 4.79 Å². The predicted octanol–water partition coefficient (Wildman–Crippen LogP) is 2.23. The van der Waals surface area contributed by atoms with Crippen molar-refractivity contribution >= 4 is 15.1 Å². The highest BCUT2D eigenvalue weighted by atomic mass is 28.3. The molecule has 0 bridgehead atoms. The molecule has 4 heteroatoms. The largest absolute Gasteiger partial charge is 0.400 e. The minimum atomic E-state index is -1.51. The Balaban J connectivity index is 3.96. The summed E-state index contributed by atoms with van der Waals surface area (Å²) in [6.45, 7) is 3.87. The molecule has 0 fully saturated rings. The van der Waals surface area contributed by atoms with Gasteiger partial charge < -0.3 is 8.85 Å². The van der Waals surface area contributed by atoms with Crippen LogP contribution in [0, 0.1) is 5.92 Å². The third-order valence-electron chi connectivity index (χ3n) is 2.41. The summed E-state index contributed by atoms with van der Waals surface area (Å²) in [7, 11) is 1.82. The molecule has 0 amide bonds. The lowest BCUT2D eigenvalue weighted by atomic mass is 10.0. The molecule has 0 aliphatic heterocycles. The Morgan fingerprint density at radius 3 is 2.44 bits per heavy atom. The summed E-state index contributed by atoms with van der Waals surface area (Å²) in [5.41, 5.74) is 0. The Labute approximate surface area is 100.0 Å². The van der Waals surface area contributed by atoms with Gasteiger partial charge in [0.25, 0.3) is 0 Å². The lowest BCUT2D eigenvalue weighted by molar-refractivity contribution is -0.117. The number of ketones is 1. The van der Waals surface area contributed by atoms with Crippen molar-refractivity contribution in [3.63, 3.8) is 0 Å². The van der Waals surface area contributed by atoms with Crippen LogP contribution in [0.25, 0.3) is 0 Å². The second-order valence-corrected chi connectivity index (χ2v) is 6.05. The van der Waals surface area contributed by atoms with Crippen LogP contribution in [-0.2, 0) is 13.6 Å². The molecule has 0 aromatic rings. The van der Waals surface area contributed by atoms with Crippen LogP contribution in [0.3, 0.4) is 0 Å². The lowest BCUT2D eigenvalue weighted by Crippen LogP contribution is -2.21. The van der Waals surface area contributed by atoms with Crippen LogP contribution in [0.5, 0.6) is 0 Å². The molecule has 16 heavy (non-hydrogen) atoms. The van der Waals surface area contributed by atoms with Crippen molar-refractivity contribution < 1.29 is 13.6 Å². The second-order valence-electron chi connectivity index (χ2n) is 3.67. The highest BCUT2D eigenvalue weighted by Crippen LogP contribution is 2.11. The van der Waals surface area contributed by atoms with Crippen molar-refractivity contribution in [2.24, 2.45) is 5.92 Å². The molecule has 3 nitrogen and oxygen atoms in total. The van der Waals surface area contributed by atoms with E-state index >= 15 is 0 Å². The minimum absolute atomic E-state index is 0.0433. The van der Waals surface area contributed by atoms with Crippen molar-refractivity contribution in [1.82, 2.24) is 0 Å². The molecule has 0 rings (SSSR count). The van der Waals surface area contributed by atoms with Crippen LogP contribution in [0.15, 0.2) is 24.3 Å². The van der Waals surface area contributed by atoms with Crippen molar-refractivity contribution in [3.05, 3.63) is 24.3 Å². The molecule has 0 saturated carbocycles. The third-order valence-corrected chi connectivity index (χ3v) is 4.27. The van der Waals surface area contributed by atoms with Gasteiger partial charge in [-0.1, -0.05) is 25.2 Å². The maximum atomic E-state index is 11.6. The van der Waals surface area contributed by atoms with E-state index in [1.54, 1.807) is 26.4 Å².